The minimum atomic E-state index is -0.489. The van der Waals surface area contributed by atoms with Gasteiger partial charge in [0.15, 0.2) is 5.76 Å². The number of aryl methyl sites for hydroxylation is 1. The zero-order chi connectivity index (χ0) is 19.0. The van der Waals surface area contributed by atoms with Gasteiger partial charge in [-0.05, 0) is 64.1 Å². The SMILES string of the molecule is Cc1ccsc1C=C1Oc2cc(OC(=O)c3ccccc3Br)ccc2C1=O. The third kappa shape index (κ3) is 3.46. The zero-order valence-electron chi connectivity index (χ0n) is 14.2. The summed E-state index contributed by atoms with van der Waals surface area (Å²) in [6, 6.07) is 13.8. The van der Waals surface area contributed by atoms with Gasteiger partial charge in [-0.1, -0.05) is 12.1 Å². The first-order valence-electron chi connectivity index (χ1n) is 8.12. The fourth-order valence-corrected chi connectivity index (χ4v) is 3.97. The number of esters is 1. The number of carbonyl (C=O) groups is 2. The van der Waals surface area contributed by atoms with E-state index in [1.54, 1.807) is 53.8 Å². The Morgan fingerprint density at radius 2 is 2.00 bits per heavy atom. The molecule has 0 saturated carbocycles. The molecule has 0 N–H and O–H groups in total. The van der Waals surface area contributed by atoms with Gasteiger partial charge in [0.05, 0.1) is 11.1 Å². The highest BCUT2D eigenvalue weighted by Gasteiger charge is 2.28. The summed E-state index contributed by atoms with van der Waals surface area (Å²) in [7, 11) is 0. The standard InChI is InChI=1S/C21H13BrO4S/c1-12-8-9-27-19(12)11-18-20(23)15-7-6-13(10-17(15)26-18)25-21(24)14-4-2-3-5-16(14)22/h2-11H,1H3. The van der Waals surface area contributed by atoms with Crippen LogP contribution in [0.5, 0.6) is 11.5 Å². The lowest BCUT2D eigenvalue weighted by Gasteiger charge is -2.06. The Hall–Kier alpha value is -2.70. The molecule has 27 heavy (non-hydrogen) atoms. The van der Waals surface area contributed by atoms with E-state index in [2.05, 4.69) is 15.9 Å². The molecule has 0 amide bonds. The monoisotopic (exact) mass is 440 g/mol. The Labute approximate surface area is 168 Å². The smallest absolute Gasteiger partial charge is 0.344 e. The van der Waals surface area contributed by atoms with Gasteiger partial charge in [-0.25, -0.2) is 4.79 Å². The maximum absolute atomic E-state index is 12.5. The van der Waals surface area contributed by atoms with Crippen LogP contribution < -0.4 is 9.47 Å². The molecule has 1 aliphatic rings. The zero-order valence-corrected chi connectivity index (χ0v) is 16.6. The van der Waals surface area contributed by atoms with E-state index in [0.717, 1.165) is 10.4 Å². The predicted octanol–water partition coefficient (Wildman–Crippen LogP) is 5.65. The van der Waals surface area contributed by atoms with Crippen molar-refractivity contribution >= 4 is 45.1 Å². The van der Waals surface area contributed by atoms with Gasteiger partial charge in [0.25, 0.3) is 0 Å². The molecule has 4 nitrogen and oxygen atoms in total. The van der Waals surface area contributed by atoms with E-state index in [9.17, 15) is 9.59 Å². The molecule has 0 atom stereocenters. The van der Waals surface area contributed by atoms with Gasteiger partial charge in [0, 0.05) is 21.5 Å². The number of ether oxygens (including phenoxy) is 2. The van der Waals surface area contributed by atoms with E-state index < -0.39 is 5.97 Å². The lowest BCUT2D eigenvalue weighted by Crippen LogP contribution is -2.09. The van der Waals surface area contributed by atoms with Crippen molar-refractivity contribution in [3.63, 3.8) is 0 Å². The second kappa shape index (κ2) is 7.13. The van der Waals surface area contributed by atoms with Crippen LogP contribution in [0.4, 0.5) is 0 Å². The van der Waals surface area contributed by atoms with Crippen LogP contribution in [0, 0.1) is 6.92 Å². The topological polar surface area (TPSA) is 52.6 Å². The van der Waals surface area contributed by atoms with E-state index >= 15 is 0 Å². The van der Waals surface area contributed by atoms with Crippen LogP contribution in [0.15, 0.2) is 64.1 Å². The molecule has 2 heterocycles. The second-order valence-electron chi connectivity index (χ2n) is 5.93. The highest BCUT2D eigenvalue weighted by atomic mass is 79.9. The molecule has 1 aromatic heterocycles. The summed E-state index contributed by atoms with van der Waals surface area (Å²) < 4.78 is 11.8. The maximum Gasteiger partial charge on any atom is 0.344 e. The lowest BCUT2D eigenvalue weighted by molar-refractivity contribution is 0.0733. The third-order valence-corrected chi connectivity index (χ3v) is 5.77. The third-order valence-electron chi connectivity index (χ3n) is 4.11. The largest absolute Gasteiger partial charge is 0.452 e. The number of rotatable bonds is 3. The van der Waals surface area contributed by atoms with E-state index in [1.807, 2.05) is 24.4 Å². The lowest BCUT2D eigenvalue weighted by atomic mass is 10.1. The van der Waals surface area contributed by atoms with Crippen LogP contribution in [0.25, 0.3) is 6.08 Å². The number of fused-ring (bicyclic) bond motifs is 1. The average Bonchev–Trinajstić information content (AvgIpc) is 3.19. The van der Waals surface area contributed by atoms with Gasteiger partial charge in [-0.3, -0.25) is 4.79 Å². The molecule has 134 valence electrons. The summed E-state index contributed by atoms with van der Waals surface area (Å²) in [6.45, 7) is 1.98. The minimum Gasteiger partial charge on any atom is -0.452 e. The van der Waals surface area contributed by atoms with Crippen molar-refractivity contribution < 1.29 is 19.1 Å². The molecule has 0 radical (unpaired) electrons. The number of hydrogen-bond acceptors (Lipinski definition) is 5. The van der Waals surface area contributed by atoms with Crippen molar-refractivity contribution in [2.45, 2.75) is 6.92 Å². The number of thiophene rings is 1. The van der Waals surface area contributed by atoms with Gasteiger partial charge >= 0.3 is 5.97 Å². The quantitative estimate of drug-likeness (QED) is 0.299. The number of benzene rings is 2. The molecule has 0 unspecified atom stereocenters. The first-order chi connectivity index (χ1) is 13.0. The highest BCUT2D eigenvalue weighted by molar-refractivity contribution is 9.10. The normalized spacial score (nSPS) is 14.1. The van der Waals surface area contributed by atoms with E-state index in [1.165, 1.54) is 0 Å². The van der Waals surface area contributed by atoms with Crippen LogP contribution in [0.2, 0.25) is 0 Å². The fourth-order valence-electron chi connectivity index (χ4n) is 2.67. The van der Waals surface area contributed by atoms with Crippen molar-refractivity contribution in [1.82, 2.24) is 0 Å². The highest BCUT2D eigenvalue weighted by Crippen LogP contribution is 2.36. The van der Waals surface area contributed by atoms with Gasteiger partial charge in [0.2, 0.25) is 5.78 Å². The van der Waals surface area contributed by atoms with E-state index in [4.69, 9.17) is 9.47 Å². The first kappa shape index (κ1) is 17.7. The molecule has 0 aliphatic carbocycles. The molecule has 4 rings (SSSR count). The van der Waals surface area contributed by atoms with Crippen molar-refractivity contribution in [3.05, 3.63) is 85.7 Å². The molecule has 1 aliphatic heterocycles. The Morgan fingerprint density at radius 1 is 1.19 bits per heavy atom. The number of allylic oxidation sites excluding steroid dienone is 1. The van der Waals surface area contributed by atoms with Crippen LogP contribution in [0.1, 0.15) is 31.2 Å². The van der Waals surface area contributed by atoms with Gasteiger partial charge in [0.1, 0.15) is 11.5 Å². The summed E-state index contributed by atoms with van der Waals surface area (Å²) >= 11 is 4.88. The minimum absolute atomic E-state index is 0.179. The number of Topliss-reactive ketones (excluding diaryl/α,β-unsaturated/α-hetero) is 1. The molecular formula is C21H13BrO4S. The summed E-state index contributed by atoms with van der Waals surface area (Å²) in [4.78, 5) is 25.9. The predicted molar refractivity (Wildman–Crippen MR) is 108 cm³/mol. The van der Waals surface area contributed by atoms with Gasteiger partial charge < -0.3 is 9.47 Å². The molecule has 2 aromatic carbocycles. The Balaban J connectivity index is 1.58. The van der Waals surface area contributed by atoms with Crippen molar-refractivity contribution in [2.75, 3.05) is 0 Å². The molecule has 6 heteroatoms. The molecule has 0 fully saturated rings. The van der Waals surface area contributed by atoms with E-state index in [-0.39, 0.29) is 11.5 Å². The molecule has 0 saturated heterocycles. The number of halogens is 1. The van der Waals surface area contributed by atoms with Gasteiger partial charge in [-0.2, -0.15) is 0 Å². The number of hydrogen-bond donors (Lipinski definition) is 0. The van der Waals surface area contributed by atoms with Crippen molar-refractivity contribution in [2.24, 2.45) is 0 Å². The fraction of sp³-hybridized carbons (Fsp3) is 0.0476. The van der Waals surface area contributed by atoms with E-state index in [0.29, 0.717) is 27.1 Å². The van der Waals surface area contributed by atoms with Crippen LogP contribution in [-0.4, -0.2) is 11.8 Å². The van der Waals surface area contributed by atoms with Gasteiger partial charge in [-0.15, -0.1) is 11.3 Å². The Bertz CT molecular complexity index is 1100. The first-order valence-corrected chi connectivity index (χ1v) is 9.79. The Morgan fingerprint density at radius 3 is 2.74 bits per heavy atom. The van der Waals surface area contributed by atoms with Crippen molar-refractivity contribution in [3.8, 4) is 11.5 Å². The summed E-state index contributed by atoms with van der Waals surface area (Å²) in [5.41, 5.74) is 1.96. The maximum atomic E-state index is 12.5. The number of carbonyl (C=O) groups excluding carboxylic acids is 2. The summed E-state index contributed by atoms with van der Waals surface area (Å²) in [5.74, 6) is 0.303. The summed E-state index contributed by atoms with van der Waals surface area (Å²) in [5, 5.41) is 1.97. The van der Waals surface area contributed by atoms with Crippen LogP contribution >= 0.6 is 27.3 Å². The van der Waals surface area contributed by atoms with Crippen LogP contribution in [0.3, 0.4) is 0 Å². The molecule has 0 spiro atoms. The Kier molecular flexibility index (Phi) is 4.68. The molecular weight excluding hydrogens is 428 g/mol. The number of ketones is 1. The second-order valence-corrected chi connectivity index (χ2v) is 7.74. The molecule has 3 aromatic rings. The summed E-state index contributed by atoms with van der Waals surface area (Å²) in [6.07, 6.45) is 1.75. The average molecular weight is 441 g/mol. The molecule has 0 bridgehead atoms. The van der Waals surface area contributed by atoms with Crippen molar-refractivity contribution in [1.29, 1.82) is 0 Å². The van der Waals surface area contributed by atoms with Crippen LogP contribution in [-0.2, 0) is 0 Å².